The van der Waals surface area contributed by atoms with Gasteiger partial charge in [0.2, 0.25) is 5.91 Å². The van der Waals surface area contributed by atoms with Crippen molar-refractivity contribution in [3.8, 4) is 0 Å². The highest BCUT2D eigenvalue weighted by Crippen LogP contribution is 2.37. The first-order chi connectivity index (χ1) is 14.0. The lowest BCUT2D eigenvalue weighted by Crippen LogP contribution is -2.35. The van der Waals surface area contributed by atoms with Crippen molar-refractivity contribution in [2.24, 2.45) is 0 Å². The van der Waals surface area contributed by atoms with Crippen molar-refractivity contribution >= 4 is 34.7 Å². The first kappa shape index (κ1) is 18.9. The van der Waals surface area contributed by atoms with Gasteiger partial charge in [-0.3, -0.25) is 14.4 Å². The molecule has 3 amide bonds. The SMILES string of the molecule is CC(=O)Nc1ccc(C2=C(N3CCCC3)C(=O)N(c3ccccc3F)C2=O)cc1. The summed E-state index contributed by atoms with van der Waals surface area (Å²) in [5.74, 6) is -1.89. The van der Waals surface area contributed by atoms with E-state index in [1.54, 1.807) is 30.3 Å². The number of carbonyl (C=O) groups is 3. The van der Waals surface area contributed by atoms with Gasteiger partial charge in [-0.05, 0) is 42.7 Å². The molecule has 7 heteroatoms. The molecule has 0 saturated carbocycles. The summed E-state index contributed by atoms with van der Waals surface area (Å²) in [6, 6.07) is 12.5. The lowest BCUT2D eigenvalue weighted by atomic mass is 10.0. The molecule has 1 fully saturated rings. The fourth-order valence-corrected chi connectivity index (χ4v) is 3.79. The van der Waals surface area contributed by atoms with Gasteiger partial charge in [0, 0.05) is 25.7 Å². The van der Waals surface area contributed by atoms with Gasteiger partial charge in [-0.2, -0.15) is 0 Å². The quantitative estimate of drug-likeness (QED) is 0.810. The van der Waals surface area contributed by atoms with E-state index in [1.165, 1.54) is 25.1 Å². The highest BCUT2D eigenvalue weighted by molar-refractivity contribution is 6.45. The van der Waals surface area contributed by atoms with Gasteiger partial charge in [0.15, 0.2) is 0 Å². The van der Waals surface area contributed by atoms with Gasteiger partial charge in [-0.1, -0.05) is 24.3 Å². The van der Waals surface area contributed by atoms with Crippen molar-refractivity contribution < 1.29 is 18.8 Å². The van der Waals surface area contributed by atoms with Crippen molar-refractivity contribution in [2.45, 2.75) is 19.8 Å². The predicted octanol–water partition coefficient (Wildman–Crippen LogP) is 3.16. The maximum Gasteiger partial charge on any atom is 0.282 e. The molecule has 0 radical (unpaired) electrons. The van der Waals surface area contributed by atoms with Crippen LogP contribution in [0, 0.1) is 5.82 Å². The molecule has 2 aliphatic heterocycles. The molecular weight excluding hydrogens is 373 g/mol. The Hall–Kier alpha value is -3.48. The highest BCUT2D eigenvalue weighted by atomic mass is 19.1. The van der Waals surface area contributed by atoms with Crippen LogP contribution in [0.15, 0.2) is 54.2 Å². The predicted molar refractivity (Wildman–Crippen MR) is 107 cm³/mol. The van der Waals surface area contributed by atoms with Gasteiger partial charge < -0.3 is 10.2 Å². The lowest BCUT2D eigenvalue weighted by Gasteiger charge is -2.20. The van der Waals surface area contributed by atoms with Crippen LogP contribution in [0.1, 0.15) is 25.3 Å². The summed E-state index contributed by atoms with van der Waals surface area (Å²) in [7, 11) is 0. The van der Waals surface area contributed by atoms with Crippen LogP contribution in [0.25, 0.3) is 5.57 Å². The van der Waals surface area contributed by atoms with Crippen molar-refractivity contribution in [1.82, 2.24) is 4.90 Å². The molecule has 148 valence electrons. The molecule has 0 atom stereocenters. The van der Waals surface area contributed by atoms with Crippen molar-refractivity contribution in [2.75, 3.05) is 23.3 Å². The summed E-state index contributed by atoms with van der Waals surface area (Å²) < 4.78 is 14.4. The molecular formula is C22H20FN3O3. The summed E-state index contributed by atoms with van der Waals surface area (Å²) in [5.41, 5.74) is 1.66. The number of hydrogen-bond acceptors (Lipinski definition) is 4. The second-order valence-electron chi connectivity index (χ2n) is 7.07. The first-order valence-corrected chi connectivity index (χ1v) is 9.48. The van der Waals surface area contributed by atoms with E-state index < -0.39 is 17.6 Å². The number of amides is 3. The summed E-state index contributed by atoms with van der Waals surface area (Å²) >= 11 is 0. The van der Waals surface area contributed by atoms with Crippen LogP contribution in [0.4, 0.5) is 15.8 Å². The Labute approximate surface area is 167 Å². The molecule has 1 saturated heterocycles. The van der Waals surface area contributed by atoms with E-state index in [0.29, 0.717) is 30.0 Å². The van der Waals surface area contributed by atoms with Crippen molar-refractivity contribution in [3.05, 3.63) is 65.6 Å². The Morgan fingerprint density at radius 2 is 1.62 bits per heavy atom. The molecule has 1 N–H and O–H groups in total. The highest BCUT2D eigenvalue weighted by Gasteiger charge is 2.43. The molecule has 0 aromatic heterocycles. The van der Waals surface area contributed by atoms with Crippen LogP contribution in [-0.2, 0) is 14.4 Å². The van der Waals surface area contributed by atoms with Crippen LogP contribution in [-0.4, -0.2) is 35.7 Å². The van der Waals surface area contributed by atoms with Gasteiger partial charge in [-0.15, -0.1) is 0 Å². The Morgan fingerprint density at radius 3 is 2.24 bits per heavy atom. The smallest absolute Gasteiger partial charge is 0.282 e. The van der Waals surface area contributed by atoms with Crippen molar-refractivity contribution in [3.63, 3.8) is 0 Å². The Morgan fingerprint density at radius 1 is 0.966 bits per heavy atom. The molecule has 0 unspecified atom stereocenters. The number of halogens is 1. The van der Waals surface area contributed by atoms with Gasteiger partial charge in [-0.25, -0.2) is 9.29 Å². The number of benzene rings is 2. The molecule has 0 spiro atoms. The molecule has 2 aromatic carbocycles. The number of rotatable bonds is 4. The number of carbonyl (C=O) groups excluding carboxylic acids is 3. The average molecular weight is 393 g/mol. The van der Waals surface area contributed by atoms with Gasteiger partial charge >= 0.3 is 0 Å². The van der Waals surface area contributed by atoms with Crippen LogP contribution >= 0.6 is 0 Å². The summed E-state index contributed by atoms with van der Waals surface area (Å²) in [4.78, 5) is 40.6. The van der Waals surface area contributed by atoms with E-state index in [4.69, 9.17) is 0 Å². The molecule has 29 heavy (non-hydrogen) atoms. The Bertz CT molecular complexity index is 1020. The van der Waals surface area contributed by atoms with Crippen molar-refractivity contribution in [1.29, 1.82) is 0 Å². The largest absolute Gasteiger partial charge is 0.366 e. The summed E-state index contributed by atoms with van der Waals surface area (Å²) in [5, 5.41) is 2.67. The van der Waals surface area contributed by atoms with E-state index in [9.17, 15) is 18.8 Å². The zero-order chi connectivity index (χ0) is 20.5. The number of anilines is 2. The summed E-state index contributed by atoms with van der Waals surface area (Å²) in [6.45, 7) is 2.76. The maximum absolute atomic E-state index is 14.4. The van der Waals surface area contributed by atoms with E-state index in [2.05, 4.69) is 5.32 Å². The third kappa shape index (κ3) is 3.40. The van der Waals surface area contributed by atoms with E-state index >= 15 is 0 Å². The second kappa shape index (κ2) is 7.50. The standard InChI is InChI=1S/C22H20FN3O3/c1-14(27)24-16-10-8-15(9-11-16)19-20(25-12-4-5-13-25)22(29)26(21(19)28)18-7-3-2-6-17(18)23/h2-3,6-11H,4-5,12-13H2,1H3,(H,24,27). The minimum absolute atomic E-state index is 0.0518. The zero-order valence-electron chi connectivity index (χ0n) is 15.9. The maximum atomic E-state index is 14.4. The fraction of sp³-hybridized carbons (Fsp3) is 0.227. The Kier molecular flexibility index (Phi) is 4.88. The Balaban J connectivity index is 1.79. The topological polar surface area (TPSA) is 69.7 Å². The third-order valence-electron chi connectivity index (χ3n) is 5.07. The number of likely N-dealkylation sites (tertiary alicyclic amines) is 1. The summed E-state index contributed by atoms with van der Waals surface area (Å²) in [6.07, 6.45) is 1.86. The molecule has 2 heterocycles. The van der Waals surface area contributed by atoms with Gasteiger partial charge in [0.25, 0.3) is 11.8 Å². The number of imide groups is 1. The van der Waals surface area contributed by atoms with E-state index in [-0.39, 0.29) is 17.2 Å². The first-order valence-electron chi connectivity index (χ1n) is 9.48. The number of para-hydroxylation sites is 1. The number of nitrogens with zero attached hydrogens (tertiary/aromatic N) is 2. The minimum atomic E-state index is -0.628. The van der Waals surface area contributed by atoms with E-state index in [1.807, 2.05) is 4.90 Å². The number of hydrogen-bond donors (Lipinski definition) is 1. The minimum Gasteiger partial charge on any atom is -0.366 e. The van der Waals surface area contributed by atoms with Crippen LogP contribution < -0.4 is 10.2 Å². The molecule has 2 aromatic rings. The van der Waals surface area contributed by atoms with Gasteiger partial charge in [0.1, 0.15) is 11.5 Å². The monoisotopic (exact) mass is 393 g/mol. The molecule has 2 aliphatic rings. The van der Waals surface area contributed by atoms with Gasteiger partial charge in [0.05, 0.1) is 11.3 Å². The molecule has 4 rings (SSSR count). The van der Waals surface area contributed by atoms with Crippen LogP contribution in [0.5, 0.6) is 0 Å². The van der Waals surface area contributed by atoms with Crippen LogP contribution in [0.3, 0.4) is 0 Å². The average Bonchev–Trinajstić information content (AvgIpc) is 3.29. The zero-order valence-corrected chi connectivity index (χ0v) is 15.9. The molecule has 6 nitrogen and oxygen atoms in total. The fourth-order valence-electron chi connectivity index (χ4n) is 3.79. The molecule has 0 aliphatic carbocycles. The molecule has 0 bridgehead atoms. The van der Waals surface area contributed by atoms with Crippen LogP contribution in [0.2, 0.25) is 0 Å². The van der Waals surface area contributed by atoms with E-state index in [0.717, 1.165) is 17.7 Å². The second-order valence-corrected chi connectivity index (χ2v) is 7.07. The normalized spacial score (nSPS) is 16.8. The lowest BCUT2D eigenvalue weighted by molar-refractivity contribution is -0.120. The number of nitrogens with one attached hydrogen (secondary N) is 1. The third-order valence-corrected chi connectivity index (χ3v) is 5.07.